The Hall–Kier alpha value is -1.84. The minimum Gasteiger partial charge on any atom is -0.355 e. The molecule has 0 amide bonds. The minimum absolute atomic E-state index is 0.235. The van der Waals surface area contributed by atoms with Gasteiger partial charge in [0, 0.05) is 18.9 Å². The van der Waals surface area contributed by atoms with Crippen molar-refractivity contribution in [3.05, 3.63) is 42.0 Å². The van der Waals surface area contributed by atoms with Gasteiger partial charge in [-0.05, 0) is 31.0 Å². The number of nitrogens with zero attached hydrogens (tertiary/aromatic N) is 2. The summed E-state index contributed by atoms with van der Waals surface area (Å²) in [6.07, 6.45) is 4.57. The molecule has 1 N–H and O–H groups in total. The van der Waals surface area contributed by atoms with Gasteiger partial charge < -0.3 is 5.32 Å². The maximum absolute atomic E-state index is 13.3. The van der Waals surface area contributed by atoms with Crippen molar-refractivity contribution in [3.63, 3.8) is 0 Å². The number of benzene rings is 1. The number of hydrogen-bond donors (Lipinski definition) is 1. The maximum Gasteiger partial charge on any atom is 0.207 e. The predicted molar refractivity (Wildman–Crippen MR) is 67.0 cm³/mol. The Morgan fingerprint density at radius 3 is 3.00 bits per heavy atom. The highest BCUT2D eigenvalue weighted by Gasteiger charge is 2.07. The molecule has 90 valence electrons. The molecule has 0 aliphatic heterocycles. The molecule has 1 heterocycles. The zero-order chi connectivity index (χ0) is 12.3. The van der Waals surface area contributed by atoms with E-state index in [0.29, 0.717) is 0 Å². The van der Waals surface area contributed by atoms with Crippen molar-refractivity contribution in [2.24, 2.45) is 0 Å². The fraction of sp³-hybridized carbons (Fsp3) is 0.308. The van der Waals surface area contributed by atoms with Gasteiger partial charge in [-0.15, -0.1) is 0 Å². The van der Waals surface area contributed by atoms with Crippen LogP contribution < -0.4 is 5.32 Å². The Bertz CT molecular complexity index is 505. The summed E-state index contributed by atoms with van der Waals surface area (Å²) >= 11 is 0. The van der Waals surface area contributed by atoms with E-state index in [1.54, 1.807) is 12.3 Å². The molecule has 0 saturated carbocycles. The normalized spacial score (nSPS) is 10.5. The molecule has 0 unspecified atom stereocenters. The first-order valence-electron chi connectivity index (χ1n) is 5.76. The molecule has 0 atom stereocenters. The second-order valence-corrected chi connectivity index (χ2v) is 3.98. The molecule has 0 spiro atoms. The topological polar surface area (TPSA) is 29.9 Å². The summed E-state index contributed by atoms with van der Waals surface area (Å²) in [4.78, 5) is 4.23. The summed E-state index contributed by atoms with van der Waals surface area (Å²) in [7, 11) is 0. The van der Waals surface area contributed by atoms with Crippen LogP contribution in [0.3, 0.4) is 0 Å². The molecule has 0 aliphatic carbocycles. The van der Waals surface area contributed by atoms with Crippen LogP contribution in [0.15, 0.2) is 30.6 Å². The fourth-order valence-electron chi connectivity index (χ4n) is 1.71. The van der Waals surface area contributed by atoms with E-state index in [9.17, 15) is 4.39 Å². The van der Waals surface area contributed by atoms with E-state index in [-0.39, 0.29) is 5.82 Å². The summed E-state index contributed by atoms with van der Waals surface area (Å²) in [5.41, 5.74) is 1.84. The zero-order valence-corrected chi connectivity index (χ0v) is 10.1. The number of hydrogen-bond acceptors (Lipinski definition) is 2. The van der Waals surface area contributed by atoms with Crippen LogP contribution in [-0.4, -0.2) is 16.1 Å². The Labute approximate surface area is 100 Å². The molecule has 1 aromatic heterocycles. The highest BCUT2D eigenvalue weighted by molar-refractivity contribution is 5.46. The van der Waals surface area contributed by atoms with E-state index in [4.69, 9.17) is 0 Å². The summed E-state index contributed by atoms with van der Waals surface area (Å²) in [6, 6.07) is 4.76. The lowest BCUT2D eigenvalue weighted by atomic mass is 10.2. The molecule has 2 aromatic rings. The highest BCUT2D eigenvalue weighted by Crippen LogP contribution is 2.19. The van der Waals surface area contributed by atoms with Crippen molar-refractivity contribution < 1.29 is 4.39 Å². The number of rotatable bonds is 4. The standard InChI is InChI=1S/C13H16FN3/c1-3-6-15-13-16-7-8-17(13)12-9-11(14)5-4-10(12)2/h4-5,7-9H,3,6H2,1-2H3,(H,15,16). The maximum atomic E-state index is 13.3. The van der Waals surface area contributed by atoms with Crippen LogP contribution in [0.1, 0.15) is 18.9 Å². The van der Waals surface area contributed by atoms with E-state index in [0.717, 1.165) is 30.2 Å². The molecule has 0 saturated heterocycles. The average molecular weight is 233 g/mol. The van der Waals surface area contributed by atoms with Gasteiger partial charge in [-0.2, -0.15) is 0 Å². The molecule has 4 heteroatoms. The van der Waals surface area contributed by atoms with Crippen LogP contribution in [0.5, 0.6) is 0 Å². The van der Waals surface area contributed by atoms with Crippen molar-refractivity contribution in [2.45, 2.75) is 20.3 Å². The van der Waals surface area contributed by atoms with Crippen molar-refractivity contribution in [3.8, 4) is 5.69 Å². The van der Waals surface area contributed by atoms with Gasteiger partial charge in [0.15, 0.2) is 0 Å². The predicted octanol–water partition coefficient (Wildman–Crippen LogP) is 3.14. The first-order chi connectivity index (χ1) is 8.22. The van der Waals surface area contributed by atoms with Gasteiger partial charge >= 0.3 is 0 Å². The Balaban J connectivity index is 2.38. The van der Waals surface area contributed by atoms with Crippen LogP contribution >= 0.6 is 0 Å². The van der Waals surface area contributed by atoms with Crippen molar-refractivity contribution >= 4 is 5.95 Å². The lowest BCUT2D eigenvalue weighted by Gasteiger charge is -2.11. The Kier molecular flexibility index (Phi) is 3.42. The average Bonchev–Trinajstić information content (AvgIpc) is 2.77. The van der Waals surface area contributed by atoms with E-state index in [1.807, 2.05) is 17.7 Å². The number of halogens is 1. The van der Waals surface area contributed by atoms with Gasteiger partial charge in [-0.1, -0.05) is 13.0 Å². The van der Waals surface area contributed by atoms with Gasteiger partial charge in [-0.25, -0.2) is 9.37 Å². The monoisotopic (exact) mass is 233 g/mol. The lowest BCUT2D eigenvalue weighted by molar-refractivity contribution is 0.626. The second-order valence-electron chi connectivity index (χ2n) is 3.98. The smallest absolute Gasteiger partial charge is 0.207 e. The minimum atomic E-state index is -0.235. The number of anilines is 1. The molecule has 1 aromatic carbocycles. The first-order valence-corrected chi connectivity index (χ1v) is 5.76. The van der Waals surface area contributed by atoms with Crippen LogP contribution in [0.4, 0.5) is 10.3 Å². The molecule has 0 fully saturated rings. The van der Waals surface area contributed by atoms with Crippen LogP contribution in [0, 0.1) is 12.7 Å². The quantitative estimate of drug-likeness (QED) is 0.879. The SMILES string of the molecule is CCCNc1nccn1-c1cc(F)ccc1C. The third-order valence-corrected chi connectivity index (χ3v) is 2.60. The number of aryl methyl sites for hydroxylation is 1. The fourth-order valence-corrected chi connectivity index (χ4v) is 1.71. The van der Waals surface area contributed by atoms with Crippen molar-refractivity contribution in [2.75, 3.05) is 11.9 Å². The van der Waals surface area contributed by atoms with Gasteiger partial charge in [-0.3, -0.25) is 4.57 Å². The third kappa shape index (κ3) is 2.46. The molecule has 0 aliphatic rings. The molecule has 2 rings (SSSR count). The van der Waals surface area contributed by atoms with Crippen LogP contribution in [0.2, 0.25) is 0 Å². The number of aromatic nitrogens is 2. The van der Waals surface area contributed by atoms with Crippen molar-refractivity contribution in [1.82, 2.24) is 9.55 Å². The number of nitrogens with one attached hydrogen (secondary N) is 1. The number of imidazole rings is 1. The van der Waals surface area contributed by atoms with Crippen LogP contribution in [0.25, 0.3) is 5.69 Å². The van der Waals surface area contributed by atoms with Gasteiger partial charge in [0.25, 0.3) is 0 Å². The van der Waals surface area contributed by atoms with Crippen LogP contribution in [-0.2, 0) is 0 Å². The Morgan fingerprint density at radius 1 is 1.41 bits per heavy atom. The van der Waals surface area contributed by atoms with Gasteiger partial charge in [0.1, 0.15) is 5.82 Å². The van der Waals surface area contributed by atoms with Gasteiger partial charge in [0.2, 0.25) is 5.95 Å². The lowest BCUT2D eigenvalue weighted by Crippen LogP contribution is -2.07. The molecular formula is C13H16FN3. The summed E-state index contributed by atoms with van der Waals surface area (Å²) in [6.45, 7) is 4.90. The molecule has 3 nitrogen and oxygen atoms in total. The third-order valence-electron chi connectivity index (χ3n) is 2.60. The molecule has 0 bridgehead atoms. The summed E-state index contributed by atoms with van der Waals surface area (Å²) in [5.74, 6) is 0.515. The molecular weight excluding hydrogens is 217 g/mol. The largest absolute Gasteiger partial charge is 0.355 e. The van der Waals surface area contributed by atoms with Crippen molar-refractivity contribution in [1.29, 1.82) is 0 Å². The van der Waals surface area contributed by atoms with E-state index >= 15 is 0 Å². The van der Waals surface area contributed by atoms with E-state index < -0.39 is 0 Å². The summed E-state index contributed by atoms with van der Waals surface area (Å²) < 4.78 is 15.1. The van der Waals surface area contributed by atoms with Gasteiger partial charge in [0.05, 0.1) is 5.69 Å². The highest BCUT2D eigenvalue weighted by atomic mass is 19.1. The molecule has 0 radical (unpaired) electrons. The van der Waals surface area contributed by atoms with E-state index in [1.165, 1.54) is 12.1 Å². The Morgan fingerprint density at radius 2 is 2.24 bits per heavy atom. The second kappa shape index (κ2) is 4.99. The zero-order valence-electron chi connectivity index (χ0n) is 10.1. The van der Waals surface area contributed by atoms with E-state index in [2.05, 4.69) is 17.2 Å². The summed E-state index contributed by atoms with van der Waals surface area (Å²) in [5, 5.41) is 3.22. The molecule has 17 heavy (non-hydrogen) atoms. The first kappa shape index (κ1) is 11.6.